The summed E-state index contributed by atoms with van der Waals surface area (Å²) < 4.78 is 462. The van der Waals surface area contributed by atoms with Crippen molar-refractivity contribution in [1.29, 1.82) is 0 Å². The molecule has 0 bridgehead atoms. The predicted octanol–water partition coefficient (Wildman–Crippen LogP) is 27.2. The third-order valence-corrected chi connectivity index (χ3v) is 25.8. The smallest absolute Gasteiger partial charge is 0.442 e. The first-order chi connectivity index (χ1) is 52.2. The number of aryl methyl sites for hydroxylation is 2. The molecule has 2 aliphatic rings. The Morgan fingerprint density at radius 2 is 0.487 bits per heavy atom. The zero-order valence-corrected chi connectivity index (χ0v) is 59.3. The van der Waals surface area contributed by atoms with E-state index in [-0.39, 0.29) is 56.9 Å². The Bertz CT molecular complexity index is 6020. The van der Waals surface area contributed by atoms with Gasteiger partial charge in [-0.2, -0.15) is 122 Å². The second-order valence-electron chi connectivity index (χ2n) is 25.6. The minimum atomic E-state index is -7.99. The fraction of sp³-hybridized carbons (Fsp3) is 0.135. The van der Waals surface area contributed by atoms with Crippen molar-refractivity contribution in [3.05, 3.63) is 243 Å². The summed E-state index contributed by atoms with van der Waals surface area (Å²) in [6.45, 7) is 2.11. The van der Waals surface area contributed by atoms with Gasteiger partial charge in [-0.25, -0.2) is 0 Å². The van der Waals surface area contributed by atoms with Crippen molar-refractivity contribution in [2.24, 2.45) is 8.30 Å². The number of benzene rings is 12. The molecule has 12 aromatic rings. The lowest BCUT2D eigenvalue weighted by molar-refractivity contribution is -0.144. The van der Waals surface area contributed by atoms with Gasteiger partial charge in [0, 0.05) is 44.5 Å². The van der Waals surface area contributed by atoms with Gasteiger partial charge in [-0.3, -0.25) is 0 Å². The van der Waals surface area contributed by atoms with Gasteiger partial charge in [0.25, 0.3) is 0 Å². The van der Waals surface area contributed by atoms with Crippen molar-refractivity contribution in [2.75, 3.05) is 0 Å². The number of alkyl halides is 24. The molecule has 0 saturated carbocycles. The van der Waals surface area contributed by atoms with Gasteiger partial charge in [-0.05, 0) is 175 Å². The summed E-state index contributed by atoms with van der Waals surface area (Å²) in [4.78, 5) is 3.97. The predicted molar refractivity (Wildman–Crippen MR) is 370 cm³/mol. The zero-order chi connectivity index (χ0) is 82.1. The van der Waals surface area contributed by atoms with Gasteiger partial charge in [-0.1, -0.05) is 109 Å². The number of sulfonamides is 2. The van der Waals surface area contributed by atoms with Crippen LogP contribution in [0.1, 0.15) is 44.5 Å². The molecule has 0 radical (unpaired) electrons. The van der Waals surface area contributed by atoms with Crippen molar-refractivity contribution in [1.82, 2.24) is 0 Å². The van der Waals surface area contributed by atoms with Crippen molar-refractivity contribution in [3.8, 4) is 89.8 Å². The Balaban J connectivity index is 1.26. The maximum absolute atomic E-state index is 16.1. The zero-order valence-electron chi connectivity index (χ0n) is 55.9. The van der Waals surface area contributed by atoms with Crippen LogP contribution < -0.4 is 18.1 Å². The lowest BCUT2D eigenvalue weighted by atomic mass is 9.85. The molecule has 12 aromatic carbocycles. The highest BCUT2D eigenvalue weighted by Gasteiger charge is 2.53. The summed E-state index contributed by atoms with van der Waals surface area (Å²) in [6, 6.07) is 23.5. The molecule has 0 spiro atoms. The molecule has 2 heterocycles. The first-order valence-corrected chi connectivity index (χ1v) is 37.8. The number of halogens is 24. The average Bonchev–Trinajstić information content (AvgIpc) is 1.58. The summed E-state index contributed by atoms with van der Waals surface area (Å²) >= 11 is 0. The van der Waals surface area contributed by atoms with Crippen LogP contribution in [0, 0.1) is 13.8 Å². The van der Waals surface area contributed by atoms with Gasteiger partial charge in [0.1, 0.15) is 23.0 Å². The quantitative estimate of drug-likeness (QED) is 0.108. The number of hydrogen-bond acceptors (Lipinski definition) is 8. The molecule has 14 rings (SSSR count). The fourth-order valence-corrected chi connectivity index (χ4v) is 21.0. The number of fused-ring (bicyclic) bond motifs is 14. The maximum Gasteiger partial charge on any atom is 0.518 e. The molecule has 0 aliphatic carbocycles. The van der Waals surface area contributed by atoms with Gasteiger partial charge in [-0.15, -0.1) is 8.30 Å². The van der Waals surface area contributed by atoms with E-state index in [1.165, 1.54) is 36.4 Å². The minimum absolute atomic E-state index is 0.0832. The summed E-state index contributed by atoms with van der Waals surface area (Å²) in [5.74, 6) is -6.17. The SMILES string of the molecule is Cc1cc(-c2cc3ccccc3c3c2OP(=NS(=O)(=O)C(F)(F)F)([N-]P2(=NS(=O)(=O)C(F)(F)F)Oc4c(-c5cc(C(F)(F)F)cc(C(F)(F)F)c5)cc5ccccc5c4-c4c(c(-c5cc(C(F)(F)F)cc(C(F)(F)F)c5)cc5ccccc45)O2)Oc2c(-c4cc(C)cc(C(F)(F)F)c4)cc4ccccc4c2-3)cc(C(F)(F)F)c1. The van der Waals surface area contributed by atoms with E-state index in [4.69, 9.17) is 18.1 Å². The van der Waals surface area contributed by atoms with Crippen LogP contribution in [0.3, 0.4) is 0 Å². The van der Waals surface area contributed by atoms with Crippen molar-refractivity contribution >= 4 is 78.5 Å². The van der Waals surface area contributed by atoms with Crippen LogP contribution in [0.2, 0.25) is 0 Å². The summed E-state index contributed by atoms with van der Waals surface area (Å²) in [6.07, 6.45) is -34.2. The Morgan fingerprint density at radius 1 is 0.283 bits per heavy atom. The molecule has 0 aromatic heterocycles. The number of hydrogen-bond donors (Lipinski definition) is 0. The Morgan fingerprint density at radius 3 is 0.699 bits per heavy atom. The molecule has 588 valence electrons. The highest BCUT2D eigenvalue weighted by molar-refractivity contribution is 7.98. The first-order valence-electron chi connectivity index (χ1n) is 31.9. The highest BCUT2D eigenvalue weighted by Crippen LogP contribution is 2.80. The second kappa shape index (κ2) is 26.6. The lowest BCUT2D eigenvalue weighted by Crippen LogP contribution is -2.22. The number of nitrogens with zero attached hydrogens (tertiary/aromatic N) is 3. The van der Waals surface area contributed by atoms with Crippen molar-refractivity contribution in [2.45, 2.75) is 61.9 Å². The van der Waals surface area contributed by atoms with Crippen LogP contribution in [0.5, 0.6) is 23.0 Å². The van der Waals surface area contributed by atoms with E-state index in [0.29, 0.717) is 36.4 Å². The first kappa shape index (κ1) is 79.2. The van der Waals surface area contributed by atoms with E-state index in [1.807, 2.05) is 0 Å². The third kappa shape index (κ3) is 14.7. The highest BCUT2D eigenvalue weighted by atomic mass is 32.2. The lowest BCUT2D eigenvalue weighted by Gasteiger charge is -2.42. The van der Waals surface area contributed by atoms with Gasteiger partial charge < -0.3 is 23.0 Å². The van der Waals surface area contributed by atoms with E-state index in [9.17, 15) is 16.8 Å². The Labute approximate surface area is 619 Å². The molecule has 113 heavy (non-hydrogen) atoms. The van der Waals surface area contributed by atoms with E-state index in [1.54, 1.807) is 0 Å². The maximum atomic E-state index is 16.1. The van der Waals surface area contributed by atoms with Gasteiger partial charge >= 0.3 is 68.1 Å². The summed E-state index contributed by atoms with van der Waals surface area (Å²) in [5.41, 5.74) is -39.5. The fourth-order valence-electron chi connectivity index (χ4n) is 13.2. The molecular formula is C74H38F24N3O8P2S2-. The molecule has 0 N–H and O–H groups in total. The molecular weight excluding hydrogens is 1640 g/mol. The molecule has 0 fully saturated rings. The normalized spacial score (nSPS) is 14.9. The molecule has 0 saturated heterocycles. The van der Waals surface area contributed by atoms with Crippen molar-refractivity contribution in [3.63, 3.8) is 0 Å². The van der Waals surface area contributed by atoms with Crippen LogP contribution in [-0.2, 0) is 57.1 Å². The average molecular weight is 1680 g/mol. The van der Waals surface area contributed by atoms with E-state index < -0.39 is 240 Å². The van der Waals surface area contributed by atoms with E-state index >= 15 is 105 Å². The Hall–Kier alpha value is -10.5. The molecule has 0 unspecified atom stereocenters. The van der Waals surface area contributed by atoms with Crippen LogP contribution >= 0.6 is 15.3 Å². The number of rotatable bonds is 8. The van der Waals surface area contributed by atoms with Gasteiger partial charge in [0.2, 0.25) is 15.3 Å². The topological polar surface area (TPSA) is 144 Å². The molecule has 0 atom stereocenters. The van der Waals surface area contributed by atoms with E-state index in [2.05, 4.69) is 13.2 Å². The van der Waals surface area contributed by atoms with Crippen molar-refractivity contribution < 1.29 is 140 Å². The van der Waals surface area contributed by atoms with Crippen LogP contribution in [0.15, 0.2) is 202 Å². The van der Waals surface area contributed by atoms with Crippen LogP contribution in [0.25, 0.3) is 115 Å². The molecule has 0 amide bonds. The monoisotopic (exact) mass is 1680 g/mol. The summed E-state index contributed by atoms with van der Waals surface area (Å²) in [5, 5.41) is -3.08. The molecule has 39 heteroatoms. The largest absolute Gasteiger partial charge is 0.518 e. The molecule has 2 aliphatic heterocycles. The minimum Gasteiger partial charge on any atom is -0.442 e. The second-order valence-corrected chi connectivity index (χ2v) is 33.1. The Kier molecular flexibility index (Phi) is 18.6. The third-order valence-electron chi connectivity index (χ3n) is 17.8. The molecule has 11 nitrogen and oxygen atoms in total. The standard InChI is InChI=1S/C74H38F24N3O8P2S2/c1-35-19-41(23-45(21-35)67(75,76)77)55-29-37-11-3-7-15-51(37)59-60-52-16-8-4-12-38(52)30-56(42-20-36(2)22-46(24-42)68(78,79)80)64(60)107-110(106-63(55)59,100-112(102,103)73(93,94)95)99-111(101-113(104,105)74(96,97)98)108-65-57(43-25-47(69(81,82)83)33-48(26-43)70(84,85)86)31-39-13-5-9-17-53(39)61(65)62-54-18-10-6-14-40(54)32-58(66(62)109-111)44-27-49(71(87,88)89)34-50(28-44)72(90,91)92/h3-34H,1-2H3/q-1. The van der Waals surface area contributed by atoms with Gasteiger partial charge in [0.15, 0.2) is 0 Å². The summed E-state index contributed by atoms with van der Waals surface area (Å²) in [7, 11) is -31.3. The van der Waals surface area contributed by atoms with Crippen LogP contribution in [0.4, 0.5) is 105 Å². The van der Waals surface area contributed by atoms with E-state index in [0.717, 1.165) is 98.8 Å². The van der Waals surface area contributed by atoms with Crippen LogP contribution in [-0.4, -0.2) is 27.9 Å². The van der Waals surface area contributed by atoms with Gasteiger partial charge in [0.05, 0.1) is 33.4 Å².